The van der Waals surface area contributed by atoms with E-state index in [2.05, 4.69) is 20.9 Å². The lowest BCUT2D eigenvalue weighted by molar-refractivity contribution is 0.288. The molecule has 3 aromatic carbocycles. The van der Waals surface area contributed by atoms with Crippen molar-refractivity contribution in [2.75, 3.05) is 20.1 Å². The smallest absolute Gasteiger partial charge is 0.327 e. The maximum atomic E-state index is 9.57. The molecule has 0 spiro atoms. The Bertz CT molecular complexity index is 1840. The number of hydrogen-bond acceptors (Lipinski definition) is 9. The molecule has 0 unspecified atom stereocenters. The summed E-state index contributed by atoms with van der Waals surface area (Å²) in [5.74, 6) is 3.43. The average molecular weight is 574 g/mol. The first-order valence-corrected chi connectivity index (χ1v) is 14.3. The van der Waals surface area contributed by atoms with Crippen molar-refractivity contribution < 1.29 is 14.2 Å². The van der Waals surface area contributed by atoms with E-state index < -0.39 is 0 Å². The molecule has 5 aromatic rings. The SMILES string of the molecule is CCc1nc2c(Oc3cccc(C4=NCCN4C)c3)nc(Oc3cc(C#N)ccc3OCc3ccccc3)nc2n1CC. The first kappa shape index (κ1) is 27.7. The van der Waals surface area contributed by atoms with Gasteiger partial charge < -0.3 is 23.7 Å². The van der Waals surface area contributed by atoms with Crippen molar-refractivity contribution in [3.8, 4) is 35.2 Å². The Hall–Kier alpha value is -5.43. The van der Waals surface area contributed by atoms with Crippen LogP contribution in [0.25, 0.3) is 11.2 Å². The number of amidine groups is 1. The third kappa shape index (κ3) is 5.83. The summed E-state index contributed by atoms with van der Waals surface area (Å²) in [6.07, 6.45) is 0.711. The second-order valence-corrected chi connectivity index (χ2v) is 10.0. The second-order valence-electron chi connectivity index (χ2n) is 10.0. The molecule has 0 bridgehead atoms. The van der Waals surface area contributed by atoms with Crippen molar-refractivity contribution in [1.82, 2.24) is 24.4 Å². The van der Waals surface area contributed by atoms with Gasteiger partial charge in [-0.05, 0) is 36.8 Å². The Labute approximate surface area is 249 Å². The van der Waals surface area contributed by atoms with Gasteiger partial charge in [0.25, 0.3) is 5.88 Å². The van der Waals surface area contributed by atoms with Crippen LogP contribution >= 0.6 is 0 Å². The molecule has 0 radical (unpaired) electrons. The summed E-state index contributed by atoms with van der Waals surface area (Å²) >= 11 is 0. The van der Waals surface area contributed by atoms with Crippen molar-refractivity contribution in [2.45, 2.75) is 33.4 Å². The lowest BCUT2D eigenvalue weighted by atomic mass is 10.2. The van der Waals surface area contributed by atoms with E-state index in [4.69, 9.17) is 24.2 Å². The number of benzene rings is 3. The standard InChI is InChI=1S/C33H31N7O3/c1-4-28-36-29-31(40(28)5-2)37-33(38-32(29)42-25-13-9-12-24(19-25)30-35-16-17-39(30)3)43-27-18-23(20-34)14-15-26(27)41-21-22-10-7-6-8-11-22/h6-15,18-19H,4-5,16-17,21H2,1-3H3. The highest BCUT2D eigenvalue weighted by Gasteiger charge is 2.21. The van der Waals surface area contributed by atoms with Crippen LogP contribution in [-0.2, 0) is 19.6 Å². The zero-order chi connectivity index (χ0) is 29.8. The molecule has 0 atom stereocenters. The van der Waals surface area contributed by atoms with Crippen LogP contribution in [0.5, 0.6) is 29.1 Å². The molecule has 10 heteroatoms. The minimum absolute atomic E-state index is 0.0514. The number of nitriles is 1. The van der Waals surface area contributed by atoms with E-state index in [0.717, 1.165) is 35.9 Å². The molecule has 0 fully saturated rings. The Balaban J connectivity index is 1.38. The zero-order valence-corrected chi connectivity index (χ0v) is 24.3. The summed E-state index contributed by atoms with van der Waals surface area (Å²) in [5, 5.41) is 9.57. The predicted octanol–water partition coefficient (Wildman–Crippen LogP) is 6.14. The van der Waals surface area contributed by atoms with Gasteiger partial charge in [-0.15, -0.1) is 0 Å². The molecule has 0 N–H and O–H groups in total. The molecule has 1 aliphatic heterocycles. The van der Waals surface area contributed by atoms with Gasteiger partial charge in [-0.25, -0.2) is 4.98 Å². The number of likely N-dealkylation sites (N-methyl/N-ethyl adjacent to an activating group) is 1. The Kier molecular flexibility index (Phi) is 7.87. The number of aliphatic imine (C=N–C) groups is 1. The Morgan fingerprint density at radius 3 is 2.51 bits per heavy atom. The third-order valence-corrected chi connectivity index (χ3v) is 7.13. The van der Waals surface area contributed by atoms with E-state index in [1.165, 1.54) is 0 Å². The van der Waals surface area contributed by atoms with Crippen LogP contribution in [-0.4, -0.2) is 50.4 Å². The molecule has 216 valence electrons. The van der Waals surface area contributed by atoms with Gasteiger partial charge in [0.2, 0.25) is 0 Å². The third-order valence-electron chi connectivity index (χ3n) is 7.13. The molecule has 0 saturated carbocycles. The number of imidazole rings is 1. The van der Waals surface area contributed by atoms with Crippen LogP contribution < -0.4 is 14.2 Å². The lowest BCUT2D eigenvalue weighted by Gasteiger charge is -2.15. The number of fused-ring (bicyclic) bond motifs is 1. The van der Waals surface area contributed by atoms with Gasteiger partial charge in [0, 0.05) is 38.2 Å². The van der Waals surface area contributed by atoms with Crippen LogP contribution in [0.4, 0.5) is 0 Å². The quantitative estimate of drug-likeness (QED) is 0.196. The summed E-state index contributed by atoms with van der Waals surface area (Å²) in [6, 6.07) is 24.8. The van der Waals surface area contributed by atoms with Crippen molar-refractivity contribution in [1.29, 1.82) is 5.26 Å². The fraction of sp³-hybridized carbons (Fsp3) is 0.242. The fourth-order valence-electron chi connectivity index (χ4n) is 4.99. The number of ether oxygens (including phenoxy) is 3. The van der Waals surface area contributed by atoms with Gasteiger partial charge in [-0.3, -0.25) is 4.99 Å². The van der Waals surface area contributed by atoms with Crippen LogP contribution in [0.3, 0.4) is 0 Å². The van der Waals surface area contributed by atoms with Crippen molar-refractivity contribution in [3.05, 3.63) is 95.3 Å². The summed E-state index contributed by atoms with van der Waals surface area (Å²) in [6.45, 7) is 6.72. The molecule has 6 rings (SSSR count). The summed E-state index contributed by atoms with van der Waals surface area (Å²) < 4.78 is 20.7. The first-order valence-electron chi connectivity index (χ1n) is 14.3. The molecule has 1 aliphatic rings. The van der Waals surface area contributed by atoms with Gasteiger partial charge in [-0.2, -0.15) is 15.2 Å². The molecule has 43 heavy (non-hydrogen) atoms. The van der Waals surface area contributed by atoms with Crippen LogP contribution in [0.2, 0.25) is 0 Å². The first-order chi connectivity index (χ1) is 21.1. The largest absolute Gasteiger partial charge is 0.485 e. The van der Waals surface area contributed by atoms with E-state index >= 15 is 0 Å². The van der Waals surface area contributed by atoms with E-state index in [-0.39, 0.29) is 11.9 Å². The molecule has 2 aromatic heterocycles. The molecule has 0 aliphatic carbocycles. The molecule has 0 saturated heterocycles. The number of hydrogen-bond donors (Lipinski definition) is 0. The Morgan fingerprint density at radius 1 is 0.907 bits per heavy atom. The van der Waals surface area contributed by atoms with Gasteiger partial charge >= 0.3 is 6.01 Å². The minimum Gasteiger partial charge on any atom is -0.485 e. The van der Waals surface area contributed by atoms with E-state index in [1.54, 1.807) is 18.2 Å². The number of aromatic nitrogens is 4. The summed E-state index contributed by atoms with van der Waals surface area (Å²) in [5.41, 5.74) is 3.52. The van der Waals surface area contributed by atoms with E-state index in [0.29, 0.717) is 53.5 Å². The minimum atomic E-state index is 0.0514. The van der Waals surface area contributed by atoms with Crippen LogP contribution in [0, 0.1) is 11.3 Å². The van der Waals surface area contributed by atoms with Gasteiger partial charge in [-0.1, -0.05) is 49.4 Å². The van der Waals surface area contributed by atoms with Crippen molar-refractivity contribution >= 4 is 17.0 Å². The molecule has 0 amide bonds. The van der Waals surface area contributed by atoms with Crippen LogP contribution in [0.1, 0.15) is 36.4 Å². The Morgan fingerprint density at radius 2 is 1.77 bits per heavy atom. The predicted molar refractivity (Wildman–Crippen MR) is 163 cm³/mol. The maximum absolute atomic E-state index is 9.57. The number of nitrogens with zero attached hydrogens (tertiary/aromatic N) is 7. The summed E-state index contributed by atoms with van der Waals surface area (Å²) in [4.78, 5) is 21.0. The number of rotatable bonds is 10. The topological polar surface area (TPSA) is 111 Å². The van der Waals surface area contributed by atoms with Gasteiger partial charge in [0.15, 0.2) is 22.7 Å². The average Bonchev–Trinajstić information content (AvgIpc) is 3.64. The normalized spacial score (nSPS) is 12.7. The molecule has 10 nitrogen and oxygen atoms in total. The molecular weight excluding hydrogens is 542 g/mol. The highest BCUT2D eigenvalue weighted by atomic mass is 16.5. The monoisotopic (exact) mass is 573 g/mol. The fourth-order valence-corrected chi connectivity index (χ4v) is 4.99. The maximum Gasteiger partial charge on any atom is 0.327 e. The number of aryl methyl sites for hydroxylation is 2. The lowest BCUT2D eigenvalue weighted by Crippen LogP contribution is -2.23. The van der Waals surface area contributed by atoms with Crippen molar-refractivity contribution in [3.63, 3.8) is 0 Å². The van der Waals surface area contributed by atoms with Crippen molar-refractivity contribution in [2.24, 2.45) is 4.99 Å². The highest BCUT2D eigenvalue weighted by Crippen LogP contribution is 2.35. The van der Waals surface area contributed by atoms with Gasteiger partial charge in [0.1, 0.15) is 24.0 Å². The van der Waals surface area contributed by atoms with E-state index in [1.807, 2.05) is 80.1 Å². The second kappa shape index (κ2) is 12.2. The van der Waals surface area contributed by atoms with E-state index in [9.17, 15) is 5.26 Å². The van der Waals surface area contributed by atoms with Gasteiger partial charge in [0.05, 0.1) is 18.2 Å². The zero-order valence-electron chi connectivity index (χ0n) is 24.3. The summed E-state index contributed by atoms with van der Waals surface area (Å²) in [7, 11) is 2.03. The highest BCUT2D eigenvalue weighted by molar-refractivity contribution is 5.99. The molecular formula is C33H31N7O3. The van der Waals surface area contributed by atoms with Crippen LogP contribution in [0.15, 0.2) is 77.8 Å². The molecule has 3 heterocycles.